The lowest BCUT2D eigenvalue weighted by Crippen LogP contribution is -2.42. The van der Waals surface area contributed by atoms with Crippen LogP contribution in [0.3, 0.4) is 0 Å². The number of aromatic nitrogens is 2. The van der Waals surface area contributed by atoms with Crippen LogP contribution in [-0.4, -0.2) is 15.1 Å². The molecule has 0 radical (unpaired) electrons. The molecule has 30 heavy (non-hydrogen) atoms. The third kappa shape index (κ3) is 3.62. The first kappa shape index (κ1) is 20.3. The van der Waals surface area contributed by atoms with E-state index in [2.05, 4.69) is 28.2 Å². The van der Waals surface area contributed by atoms with Gasteiger partial charge in [0.2, 0.25) is 0 Å². The lowest BCUT2D eigenvalue weighted by atomic mass is 9.71. The zero-order valence-electron chi connectivity index (χ0n) is 17.8. The average molecular weight is 398 g/mol. The van der Waals surface area contributed by atoms with Gasteiger partial charge in [-0.2, -0.15) is 5.26 Å². The summed E-state index contributed by atoms with van der Waals surface area (Å²) in [5, 5.41) is 21.1. The number of hydrogen-bond acceptors (Lipinski definition) is 4. The van der Waals surface area contributed by atoms with E-state index in [9.17, 15) is 10.4 Å². The molecule has 1 atom stereocenters. The quantitative estimate of drug-likeness (QED) is 0.644. The summed E-state index contributed by atoms with van der Waals surface area (Å²) in [6.45, 7) is 6.09. The van der Waals surface area contributed by atoms with Crippen LogP contribution in [0.1, 0.15) is 50.4 Å². The van der Waals surface area contributed by atoms with Crippen molar-refractivity contribution in [2.45, 2.75) is 51.0 Å². The molecule has 1 saturated carbocycles. The first-order valence-electron chi connectivity index (χ1n) is 10.4. The molecule has 1 N–H and O–H groups in total. The molecular formula is C26H27N3O. The minimum atomic E-state index is -1.12. The summed E-state index contributed by atoms with van der Waals surface area (Å²) in [6.07, 6.45) is 7.69. The third-order valence-electron chi connectivity index (χ3n) is 6.35. The topological polar surface area (TPSA) is 69.8 Å². The Bertz CT molecular complexity index is 1060. The predicted molar refractivity (Wildman–Crippen MR) is 117 cm³/mol. The van der Waals surface area contributed by atoms with E-state index in [0.717, 1.165) is 35.1 Å². The molecule has 4 rings (SSSR count). The molecule has 0 amide bonds. The molecule has 0 aliphatic heterocycles. The van der Waals surface area contributed by atoms with E-state index in [4.69, 9.17) is 0 Å². The molecule has 0 spiro atoms. The van der Waals surface area contributed by atoms with Gasteiger partial charge in [-0.05, 0) is 47.1 Å². The van der Waals surface area contributed by atoms with Crippen LogP contribution in [0.5, 0.6) is 0 Å². The molecule has 0 bridgehead atoms. The number of nitriles is 1. The summed E-state index contributed by atoms with van der Waals surface area (Å²) in [7, 11) is 0. The highest BCUT2D eigenvalue weighted by molar-refractivity contribution is 5.63. The first-order valence-corrected chi connectivity index (χ1v) is 10.4. The van der Waals surface area contributed by atoms with Crippen molar-refractivity contribution in [1.29, 1.82) is 5.26 Å². The van der Waals surface area contributed by atoms with Crippen molar-refractivity contribution in [3.05, 3.63) is 83.9 Å². The van der Waals surface area contributed by atoms with E-state index in [1.807, 2.05) is 63.4 Å². The smallest absolute Gasteiger partial charge is 0.115 e. The van der Waals surface area contributed by atoms with Gasteiger partial charge in [0.1, 0.15) is 5.60 Å². The van der Waals surface area contributed by atoms with E-state index in [-0.39, 0.29) is 5.41 Å². The van der Waals surface area contributed by atoms with E-state index >= 15 is 0 Å². The van der Waals surface area contributed by atoms with E-state index in [0.29, 0.717) is 12.1 Å². The molecule has 1 fully saturated rings. The third-order valence-corrected chi connectivity index (χ3v) is 6.35. The van der Waals surface area contributed by atoms with Gasteiger partial charge < -0.3 is 5.11 Å². The van der Waals surface area contributed by atoms with Crippen LogP contribution in [0.2, 0.25) is 0 Å². The van der Waals surface area contributed by atoms with Gasteiger partial charge in [-0.1, -0.05) is 57.2 Å². The molecule has 1 aliphatic rings. The number of benzene rings is 1. The second kappa shape index (κ2) is 7.34. The highest BCUT2D eigenvalue weighted by atomic mass is 16.3. The second-order valence-electron chi connectivity index (χ2n) is 9.35. The van der Waals surface area contributed by atoms with Crippen LogP contribution in [0.4, 0.5) is 0 Å². The van der Waals surface area contributed by atoms with Crippen molar-refractivity contribution in [2.24, 2.45) is 5.41 Å². The monoisotopic (exact) mass is 397 g/mol. The average Bonchev–Trinajstić information content (AvgIpc) is 3.55. The van der Waals surface area contributed by atoms with E-state index in [1.165, 1.54) is 0 Å². The summed E-state index contributed by atoms with van der Waals surface area (Å²) in [6, 6.07) is 18.4. The van der Waals surface area contributed by atoms with Crippen molar-refractivity contribution in [3.63, 3.8) is 0 Å². The van der Waals surface area contributed by atoms with Gasteiger partial charge in [-0.25, -0.2) is 0 Å². The highest BCUT2D eigenvalue weighted by Gasteiger charge is 2.45. The summed E-state index contributed by atoms with van der Waals surface area (Å²) in [5.41, 5.74) is 2.97. The normalized spacial score (nSPS) is 17.0. The van der Waals surface area contributed by atoms with Crippen LogP contribution in [0.25, 0.3) is 11.1 Å². The van der Waals surface area contributed by atoms with Crippen LogP contribution in [-0.2, 0) is 17.4 Å². The molecule has 1 unspecified atom stereocenters. The lowest BCUT2D eigenvalue weighted by Gasteiger charge is -2.40. The van der Waals surface area contributed by atoms with Gasteiger partial charge in [0.25, 0.3) is 0 Å². The Morgan fingerprint density at radius 1 is 1.00 bits per heavy atom. The van der Waals surface area contributed by atoms with Gasteiger partial charge in [-0.15, -0.1) is 0 Å². The maximum atomic E-state index is 11.7. The standard InChI is InChI=1S/C26H27N3O/c1-24(2,3)26(30,15-19-5-4-14-28-16-19)23-11-8-21(17-29-23)20-6-9-22(10-7-20)25(18-27)12-13-25/h4-11,14,16-17,30H,12-13,15H2,1-3H3. The van der Waals surface area contributed by atoms with Crippen LogP contribution < -0.4 is 0 Å². The summed E-state index contributed by atoms with van der Waals surface area (Å²) >= 11 is 0. The molecular weight excluding hydrogens is 370 g/mol. The summed E-state index contributed by atoms with van der Waals surface area (Å²) in [5.74, 6) is 0. The number of nitrogens with zero attached hydrogens (tertiary/aromatic N) is 3. The van der Waals surface area contributed by atoms with Crippen molar-refractivity contribution in [2.75, 3.05) is 0 Å². The van der Waals surface area contributed by atoms with Gasteiger partial charge in [0.05, 0.1) is 17.2 Å². The largest absolute Gasteiger partial charge is 0.383 e. The predicted octanol–water partition coefficient (Wildman–Crippen LogP) is 5.18. The van der Waals surface area contributed by atoms with Crippen LogP contribution in [0.15, 0.2) is 67.1 Å². The zero-order valence-corrected chi connectivity index (χ0v) is 17.8. The molecule has 152 valence electrons. The Morgan fingerprint density at radius 3 is 2.20 bits per heavy atom. The molecule has 3 aromatic rings. The number of aliphatic hydroxyl groups is 1. The maximum Gasteiger partial charge on any atom is 0.115 e. The molecule has 0 saturated heterocycles. The Hall–Kier alpha value is -3.03. The molecule has 2 aromatic heterocycles. The van der Waals surface area contributed by atoms with Crippen molar-refractivity contribution >= 4 is 0 Å². The minimum absolute atomic E-state index is 0.268. The fourth-order valence-corrected chi connectivity index (χ4v) is 3.92. The van der Waals surface area contributed by atoms with Gasteiger partial charge in [0.15, 0.2) is 0 Å². The zero-order chi connectivity index (χ0) is 21.4. The van der Waals surface area contributed by atoms with E-state index in [1.54, 1.807) is 12.4 Å². The highest BCUT2D eigenvalue weighted by Crippen LogP contribution is 2.47. The Kier molecular flexibility index (Phi) is 4.95. The molecule has 4 heteroatoms. The molecule has 4 nitrogen and oxygen atoms in total. The Morgan fingerprint density at radius 2 is 1.70 bits per heavy atom. The van der Waals surface area contributed by atoms with Gasteiger partial charge in [-0.3, -0.25) is 9.97 Å². The SMILES string of the molecule is CC(C)(C)C(O)(Cc1cccnc1)c1ccc(-c2ccc(C3(C#N)CC3)cc2)cn1. The van der Waals surface area contributed by atoms with Gasteiger partial charge in [0, 0.05) is 30.6 Å². The molecule has 2 heterocycles. The van der Waals surface area contributed by atoms with Crippen LogP contribution >= 0.6 is 0 Å². The van der Waals surface area contributed by atoms with Crippen molar-refractivity contribution in [3.8, 4) is 17.2 Å². The number of rotatable bonds is 5. The van der Waals surface area contributed by atoms with Crippen molar-refractivity contribution in [1.82, 2.24) is 9.97 Å². The van der Waals surface area contributed by atoms with Crippen molar-refractivity contribution < 1.29 is 5.11 Å². The summed E-state index contributed by atoms with van der Waals surface area (Å²) < 4.78 is 0. The molecule has 1 aromatic carbocycles. The maximum absolute atomic E-state index is 11.7. The summed E-state index contributed by atoms with van der Waals surface area (Å²) in [4.78, 5) is 8.85. The van der Waals surface area contributed by atoms with Crippen LogP contribution in [0, 0.1) is 16.7 Å². The second-order valence-corrected chi connectivity index (χ2v) is 9.35. The minimum Gasteiger partial charge on any atom is -0.383 e. The number of hydrogen-bond donors (Lipinski definition) is 1. The van der Waals surface area contributed by atoms with Gasteiger partial charge >= 0.3 is 0 Å². The Balaban J connectivity index is 1.62. The fourth-order valence-electron chi connectivity index (χ4n) is 3.92. The first-order chi connectivity index (χ1) is 14.3. The van der Waals surface area contributed by atoms with E-state index < -0.39 is 11.0 Å². The fraction of sp³-hybridized carbons (Fsp3) is 0.346. The number of pyridine rings is 2. The molecule has 1 aliphatic carbocycles. The lowest BCUT2D eigenvalue weighted by molar-refractivity contribution is -0.0675. The Labute approximate surface area is 178 Å².